The fraction of sp³-hybridized carbons (Fsp3) is 0.292. The number of anilines is 1. The Hall–Kier alpha value is -3.81. The van der Waals surface area contributed by atoms with Crippen LogP contribution in [0.3, 0.4) is 0 Å². The number of aromatic nitrogens is 4. The molecular weight excluding hydrogens is 406 g/mol. The van der Waals surface area contributed by atoms with Gasteiger partial charge in [0, 0.05) is 24.0 Å². The summed E-state index contributed by atoms with van der Waals surface area (Å²) in [7, 11) is 0. The topological polar surface area (TPSA) is 87.1 Å². The first kappa shape index (κ1) is 21.4. The van der Waals surface area contributed by atoms with E-state index in [2.05, 4.69) is 29.4 Å². The third-order valence-electron chi connectivity index (χ3n) is 5.47. The number of benzene rings is 1. The van der Waals surface area contributed by atoms with Gasteiger partial charge in [0.25, 0.3) is 5.91 Å². The molecule has 0 unspecified atom stereocenters. The van der Waals surface area contributed by atoms with Crippen molar-refractivity contribution in [2.75, 3.05) is 5.32 Å². The number of furan rings is 1. The smallest absolute Gasteiger partial charge is 0.291 e. The Morgan fingerprint density at radius 3 is 2.69 bits per heavy atom. The van der Waals surface area contributed by atoms with E-state index in [9.17, 15) is 4.79 Å². The summed E-state index contributed by atoms with van der Waals surface area (Å²) in [4.78, 5) is 12.6. The molecule has 1 N–H and O–H groups in total. The average molecular weight is 434 g/mol. The van der Waals surface area contributed by atoms with Gasteiger partial charge >= 0.3 is 0 Å². The summed E-state index contributed by atoms with van der Waals surface area (Å²) in [6.45, 7) is 9.85. The van der Waals surface area contributed by atoms with Crippen LogP contribution in [0, 0.1) is 20.8 Å². The van der Waals surface area contributed by atoms with Crippen molar-refractivity contribution >= 4 is 11.6 Å². The predicted molar refractivity (Wildman–Crippen MR) is 121 cm³/mol. The van der Waals surface area contributed by atoms with E-state index in [1.807, 2.05) is 42.9 Å². The highest BCUT2D eigenvalue weighted by atomic mass is 16.5. The van der Waals surface area contributed by atoms with E-state index in [1.54, 1.807) is 29.2 Å². The summed E-state index contributed by atoms with van der Waals surface area (Å²) < 4.78 is 15.1. The van der Waals surface area contributed by atoms with Crippen molar-refractivity contribution in [2.45, 2.75) is 47.4 Å². The number of nitrogens with zero attached hydrogens (tertiary/aromatic N) is 4. The Bertz CT molecular complexity index is 1230. The normalized spacial score (nSPS) is 11.0. The number of carbonyl (C=O) groups is 1. The van der Waals surface area contributed by atoms with Crippen molar-refractivity contribution in [3.05, 3.63) is 82.8 Å². The molecule has 0 aliphatic heterocycles. The molecule has 0 aliphatic rings. The van der Waals surface area contributed by atoms with Crippen molar-refractivity contribution in [2.24, 2.45) is 0 Å². The van der Waals surface area contributed by atoms with Gasteiger partial charge in [0.15, 0.2) is 5.76 Å². The van der Waals surface area contributed by atoms with Gasteiger partial charge in [-0.2, -0.15) is 10.2 Å². The SMILES string of the molecule is CCn1ncc(Cn2cc(NC(=O)c3ccc(COc4ccc(C)c(C)c4)o3)cn2)c1C. The van der Waals surface area contributed by atoms with Crippen LogP contribution in [0.25, 0.3) is 0 Å². The van der Waals surface area contributed by atoms with Crippen LogP contribution in [0.5, 0.6) is 5.75 Å². The molecule has 1 aromatic carbocycles. The van der Waals surface area contributed by atoms with E-state index < -0.39 is 0 Å². The van der Waals surface area contributed by atoms with Gasteiger partial charge in [0.2, 0.25) is 0 Å². The van der Waals surface area contributed by atoms with Crippen LogP contribution in [-0.2, 0) is 19.7 Å². The standard InChI is InChI=1S/C24H27N5O3/c1-5-29-18(4)19(11-26-29)13-28-14-20(12-25-28)27-24(30)23-9-8-22(32-23)15-31-21-7-6-16(2)17(3)10-21/h6-12,14H,5,13,15H2,1-4H3,(H,27,30). The van der Waals surface area contributed by atoms with Gasteiger partial charge in [-0.25, -0.2) is 0 Å². The van der Waals surface area contributed by atoms with Gasteiger partial charge in [0.1, 0.15) is 18.1 Å². The Kier molecular flexibility index (Phi) is 6.11. The molecule has 0 bridgehead atoms. The molecule has 0 radical (unpaired) electrons. The Morgan fingerprint density at radius 1 is 1.09 bits per heavy atom. The number of ether oxygens (including phenoxy) is 1. The van der Waals surface area contributed by atoms with E-state index in [0.717, 1.165) is 29.1 Å². The number of rotatable bonds is 8. The molecule has 3 aromatic heterocycles. The monoisotopic (exact) mass is 433 g/mol. The maximum atomic E-state index is 12.6. The van der Waals surface area contributed by atoms with Gasteiger partial charge in [-0.15, -0.1) is 0 Å². The predicted octanol–water partition coefficient (Wildman–Crippen LogP) is 4.50. The number of hydrogen-bond acceptors (Lipinski definition) is 5. The summed E-state index contributed by atoms with van der Waals surface area (Å²) in [6, 6.07) is 9.31. The first-order valence-electron chi connectivity index (χ1n) is 10.6. The highest BCUT2D eigenvalue weighted by Gasteiger charge is 2.14. The zero-order valence-corrected chi connectivity index (χ0v) is 18.8. The third kappa shape index (κ3) is 4.74. The van der Waals surface area contributed by atoms with E-state index in [-0.39, 0.29) is 18.3 Å². The van der Waals surface area contributed by atoms with E-state index in [1.165, 1.54) is 5.56 Å². The zero-order chi connectivity index (χ0) is 22.7. The quantitative estimate of drug-likeness (QED) is 0.442. The van der Waals surface area contributed by atoms with Crippen molar-refractivity contribution in [3.63, 3.8) is 0 Å². The van der Waals surface area contributed by atoms with E-state index >= 15 is 0 Å². The minimum atomic E-state index is -0.336. The molecule has 0 saturated heterocycles. The number of hydrogen-bond donors (Lipinski definition) is 1. The number of nitrogens with one attached hydrogen (secondary N) is 1. The first-order chi connectivity index (χ1) is 15.4. The Labute approximate surface area is 186 Å². The molecule has 4 rings (SSSR count). The average Bonchev–Trinajstić information content (AvgIpc) is 3.50. The molecule has 0 fully saturated rings. The van der Waals surface area contributed by atoms with Gasteiger partial charge in [-0.05, 0) is 63.1 Å². The summed E-state index contributed by atoms with van der Waals surface area (Å²) in [5.74, 6) is 1.23. The van der Waals surface area contributed by atoms with Gasteiger partial charge in [-0.1, -0.05) is 6.07 Å². The molecule has 32 heavy (non-hydrogen) atoms. The zero-order valence-electron chi connectivity index (χ0n) is 18.8. The molecule has 0 aliphatic carbocycles. The van der Waals surface area contributed by atoms with Crippen molar-refractivity contribution < 1.29 is 13.9 Å². The molecule has 0 spiro atoms. The number of amides is 1. The van der Waals surface area contributed by atoms with Gasteiger partial charge in [0.05, 0.1) is 24.6 Å². The molecule has 8 nitrogen and oxygen atoms in total. The maximum absolute atomic E-state index is 12.6. The highest BCUT2D eigenvalue weighted by Crippen LogP contribution is 2.19. The van der Waals surface area contributed by atoms with Crippen LogP contribution in [0.2, 0.25) is 0 Å². The molecular formula is C24H27N5O3. The van der Waals surface area contributed by atoms with Crippen LogP contribution < -0.4 is 10.1 Å². The minimum Gasteiger partial charge on any atom is -0.486 e. The summed E-state index contributed by atoms with van der Waals surface area (Å²) in [5.41, 5.74) is 5.17. The van der Waals surface area contributed by atoms with Crippen molar-refractivity contribution in [1.29, 1.82) is 0 Å². The van der Waals surface area contributed by atoms with Gasteiger partial charge in [-0.3, -0.25) is 14.2 Å². The largest absolute Gasteiger partial charge is 0.486 e. The second kappa shape index (κ2) is 9.13. The summed E-state index contributed by atoms with van der Waals surface area (Å²) >= 11 is 0. The summed E-state index contributed by atoms with van der Waals surface area (Å²) in [6.07, 6.45) is 5.25. The third-order valence-corrected chi connectivity index (χ3v) is 5.47. The fourth-order valence-corrected chi connectivity index (χ4v) is 3.38. The van der Waals surface area contributed by atoms with Crippen LogP contribution in [0.1, 0.15) is 45.6 Å². The molecule has 0 atom stereocenters. The number of aryl methyl sites for hydroxylation is 3. The highest BCUT2D eigenvalue weighted by molar-refractivity contribution is 6.02. The molecule has 1 amide bonds. The van der Waals surface area contributed by atoms with Crippen LogP contribution in [0.15, 0.2) is 53.3 Å². The lowest BCUT2D eigenvalue weighted by Crippen LogP contribution is -2.10. The molecule has 3 heterocycles. The van der Waals surface area contributed by atoms with Crippen LogP contribution in [-0.4, -0.2) is 25.5 Å². The number of carbonyl (C=O) groups excluding carboxylic acids is 1. The van der Waals surface area contributed by atoms with Crippen molar-refractivity contribution in [1.82, 2.24) is 19.6 Å². The molecule has 166 valence electrons. The van der Waals surface area contributed by atoms with Crippen LogP contribution in [0.4, 0.5) is 5.69 Å². The van der Waals surface area contributed by atoms with Gasteiger partial charge < -0.3 is 14.5 Å². The maximum Gasteiger partial charge on any atom is 0.291 e. The second-order valence-corrected chi connectivity index (χ2v) is 7.75. The minimum absolute atomic E-state index is 0.219. The Balaban J connectivity index is 1.34. The van der Waals surface area contributed by atoms with Crippen LogP contribution >= 0.6 is 0 Å². The molecule has 4 aromatic rings. The van der Waals surface area contributed by atoms with E-state index in [0.29, 0.717) is 18.0 Å². The molecule has 8 heteroatoms. The lowest BCUT2D eigenvalue weighted by molar-refractivity contribution is 0.0992. The molecule has 0 saturated carbocycles. The lowest BCUT2D eigenvalue weighted by atomic mass is 10.1. The lowest BCUT2D eigenvalue weighted by Gasteiger charge is -2.06. The Morgan fingerprint density at radius 2 is 1.94 bits per heavy atom. The fourth-order valence-electron chi connectivity index (χ4n) is 3.38. The van der Waals surface area contributed by atoms with E-state index in [4.69, 9.17) is 9.15 Å². The summed E-state index contributed by atoms with van der Waals surface area (Å²) in [5, 5.41) is 11.5. The van der Waals surface area contributed by atoms with Crippen molar-refractivity contribution in [3.8, 4) is 5.75 Å². The second-order valence-electron chi connectivity index (χ2n) is 7.75. The first-order valence-corrected chi connectivity index (χ1v) is 10.6.